The Labute approximate surface area is 95.9 Å². The highest BCUT2D eigenvalue weighted by Crippen LogP contribution is 2.18. The molecule has 0 fully saturated rings. The summed E-state index contributed by atoms with van der Waals surface area (Å²) in [6.45, 7) is 5.81. The number of nitrogens with zero attached hydrogens (tertiary/aromatic N) is 2. The van der Waals surface area contributed by atoms with E-state index in [9.17, 15) is 4.79 Å². The van der Waals surface area contributed by atoms with Crippen molar-refractivity contribution in [3.63, 3.8) is 0 Å². The van der Waals surface area contributed by atoms with Crippen LogP contribution < -0.4 is 4.90 Å². The Balaban J connectivity index is 2.94. The van der Waals surface area contributed by atoms with Crippen molar-refractivity contribution in [2.75, 3.05) is 18.0 Å². The molecule has 1 rings (SSSR count). The number of rotatable bonds is 6. The topological polar surface area (TPSA) is 53.4 Å². The van der Waals surface area contributed by atoms with Gasteiger partial charge < -0.3 is 10.0 Å². The van der Waals surface area contributed by atoms with E-state index in [-0.39, 0.29) is 5.69 Å². The predicted octanol–water partition coefficient (Wildman–Crippen LogP) is 2.41. The Morgan fingerprint density at radius 2 is 2.25 bits per heavy atom. The lowest BCUT2D eigenvalue weighted by Crippen LogP contribution is -2.26. The van der Waals surface area contributed by atoms with Gasteiger partial charge >= 0.3 is 5.97 Å². The smallest absolute Gasteiger partial charge is 0.356 e. The second-order valence-corrected chi connectivity index (χ2v) is 3.61. The van der Waals surface area contributed by atoms with E-state index in [1.165, 1.54) is 6.20 Å². The van der Waals surface area contributed by atoms with Crippen LogP contribution >= 0.6 is 0 Å². The standard InChI is InChI=1S/C12H18N2O2/c1-3-5-9-14(4-2)10-7-6-8-13-11(10)12(15)16/h6-8H,3-5,9H2,1-2H3,(H,15,16). The molecule has 4 heteroatoms. The van der Waals surface area contributed by atoms with Crippen LogP contribution in [-0.4, -0.2) is 29.1 Å². The summed E-state index contributed by atoms with van der Waals surface area (Å²) in [5.41, 5.74) is 0.853. The van der Waals surface area contributed by atoms with Gasteiger partial charge in [0.1, 0.15) is 0 Å². The van der Waals surface area contributed by atoms with Crippen molar-refractivity contribution >= 4 is 11.7 Å². The molecule has 0 aliphatic heterocycles. The maximum absolute atomic E-state index is 11.0. The number of hydrogen-bond acceptors (Lipinski definition) is 3. The van der Waals surface area contributed by atoms with Gasteiger partial charge in [-0.3, -0.25) is 0 Å². The first-order valence-corrected chi connectivity index (χ1v) is 5.64. The molecule has 0 saturated heterocycles. The van der Waals surface area contributed by atoms with Gasteiger partial charge in [0.25, 0.3) is 0 Å². The third kappa shape index (κ3) is 2.95. The van der Waals surface area contributed by atoms with Gasteiger partial charge in [-0.1, -0.05) is 13.3 Å². The number of hydrogen-bond donors (Lipinski definition) is 1. The SMILES string of the molecule is CCCCN(CC)c1cccnc1C(=O)O. The molecule has 0 amide bonds. The van der Waals surface area contributed by atoms with E-state index in [1.807, 2.05) is 13.0 Å². The van der Waals surface area contributed by atoms with Crippen LogP contribution in [0.2, 0.25) is 0 Å². The van der Waals surface area contributed by atoms with Crippen LogP contribution in [-0.2, 0) is 0 Å². The molecule has 0 aliphatic rings. The van der Waals surface area contributed by atoms with Crippen LogP contribution in [0, 0.1) is 0 Å². The van der Waals surface area contributed by atoms with Crippen molar-refractivity contribution in [1.29, 1.82) is 0 Å². The highest BCUT2D eigenvalue weighted by Gasteiger charge is 2.15. The summed E-state index contributed by atoms with van der Waals surface area (Å²) in [6.07, 6.45) is 3.67. The van der Waals surface area contributed by atoms with E-state index in [4.69, 9.17) is 5.11 Å². The number of anilines is 1. The molecule has 0 spiro atoms. The van der Waals surface area contributed by atoms with Gasteiger partial charge in [0.05, 0.1) is 5.69 Å². The fourth-order valence-electron chi connectivity index (χ4n) is 1.61. The van der Waals surface area contributed by atoms with Crippen molar-refractivity contribution in [2.24, 2.45) is 0 Å². The van der Waals surface area contributed by atoms with Gasteiger partial charge in [-0.2, -0.15) is 0 Å². The lowest BCUT2D eigenvalue weighted by molar-refractivity contribution is 0.0691. The number of aromatic nitrogens is 1. The highest BCUT2D eigenvalue weighted by molar-refractivity contribution is 5.92. The van der Waals surface area contributed by atoms with E-state index >= 15 is 0 Å². The average Bonchev–Trinajstić information content (AvgIpc) is 2.30. The van der Waals surface area contributed by atoms with Gasteiger partial charge in [0.15, 0.2) is 5.69 Å². The third-order valence-corrected chi connectivity index (χ3v) is 2.49. The molecular formula is C12H18N2O2. The number of unbranched alkanes of at least 4 members (excludes halogenated alkanes) is 1. The van der Waals surface area contributed by atoms with Crippen LogP contribution in [0.1, 0.15) is 37.2 Å². The maximum Gasteiger partial charge on any atom is 0.356 e. The van der Waals surface area contributed by atoms with Crippen LogP contribution in [0.5, 0.6) is 0 Å². The van der Waals surface area contributed by atoms with E-state index in [0.717, 1.165) is 25.9 Å². The molecular weight excluding hydrogens is 204 g/mol. The predicted molar refractivity (Wildman–Crippen MR) is 64.0 cm³/mol. The fourth-order valence-corrected chi connectivity index (χ4v) is 1.61. The zero-order valence-corrected chi connectivity index (χ0v) is 9.81. The summed E-state index contributed by atoms with van der Waals surface area (Å²) in [4.78, 5) is 17.0. The van der Waals surface area contributed by atoms with Crippen LogP contribution in [0.25, 0.3) is 0 Å². The fraction of sp³-hybridized carbons (Fsp3) is 0.500. The Morgan fingerprint density at radius 1 is 1.50 bits per heavy atom. The molecule has 1 N–H and O–H groups in total. The van der Waals surface area contributed by atoms with Crippen LogP contribution in [0.15, 0.2) is 18.3 Å². The molecule has 0 saturated carbocycles. The van der Waals surface area contributed by atoms with Crippen LogP contribution in [0.3, 0.4) is 0 Å². The molecule has 88 valence electrons. The zero-order valence-electron chi connectivity index (χ0n) is 9.81. The Bertz CT molecular complexity index is 353. The number of aromatic carboxylic acids is 1. The lowest BCUT2D eigenvalue weighted by Gasteiger charge is -2.23. The van der Waals surface area contributed by atoms with Crippen molar-refractivity contribution in [3.05, 3.63) is 24.0 Å². The largest absolute Gasteiger partial charge is 0.476 e. The first-order chi connectivity index (χ1) is 7.70. The molecule has 0 aliphatic carbocycles. The number of carboxylic acids is 1. The second-order valence-electron chi connectivity index (χ2n) is 3.61. The summed E-state index contributed by atoms with van der Waals surface area (Å²) in [6, 6.07) is 3.59. The molecule has 16 heavy (non-hydrogen) atoms. The van der Waals surface area contributed by atoms with E-state index in [0.29, 0.717) is 5.69 Å². The monoisotopic (exact) mass is 222 g/mol. The van der Waals surface area contributed by atoms with Gasteiger partial charge in [-0.15, -0.1) is 0 Å². The zero-order chi connectivity index (χ0) is 12.0. The molecule has 0 atom stereocenters. The number of carboxylic acid groups (broad SMARTS) is 1. The summed E-state index contributed by atoms with van der Waals surface area (Å²) in [5.74, 6) is -0.967. The Morgan fingerprint density at radius 3 is 2.81 bits per heavy atom. The lowest BCUT2D eigenvalue weighted by atomic mass is 10.2. The maximum atomic E-state index is 11.0. The van der Waals surface area contributed by atoms with Crippen molar-refractivity contribution < 1.29 is 9.90 Å². The van der Waals surface area contributed by atoms with Gasteiger partial charge in [-0.25, -0.2) is 9.78 Å². The van der Waals surface area contributed by atoms with E-state index in [2.05, 4.69) is 16.8 Å². The summed E-state index contributed by atoms with van der Waals surface area (Å²) >= 11 is 0. The van der Waals surface area contributed by atoms with E-state index < -0.39 is 5.97 Å². The summed E-state index contributed by atoms with van der Waals surface area (Å²) < 4.78 is 0. The number of pyridine rings is 1. The normalized spacial score (nSPS) is 10.1. The average molecular weight is 222 g/mol. The van der Waals surface area contributed by atoms with E-state index in [1.54, 1.807) is 6.07 Å². The van der Waals surface area contributed by atoms with Gasteiger partial charge in [0, 0.05) is 19.3 Å². The molecule has 0 bridgehead atoms. The first-order valence-electron chi connectivity index (χ1n) is 5.64. The van der Waals surface area contributed by atoms with Crippen molar-refractivity contribution in [3.8, 4) is 0 Å². The minimum absolute atomic E-state index is 0.139. The minimum Gasteiger partial charge on any atom is -0.476 e. The molecule has 1 aromatic rings. The van der Waals surface area contributed by atoms with Gasteiger partial charge in [0.2, 0.25) is 0 Å². The molecule has 0 aromatic carbocycles. The molecule has 0 unspecified atom stereocenters. The number of carbonyl (C=O) groups is 1. The molecule has 1 aromatic heterocycles. The van der Waals surface area contributed by atoms with Crippen molar-refractivity contribution in [2.45, 2.75) is 26.7 Å². The minimum atomic E-state index is -0.967. The third-order valence-electron chi connectivity index (χ3n) is 2.49. The Hall–Kier alpha value is -1.58. The first kappa shape index (κ1) is 12.5. The van der Waals surface area contributed by atoms with Gasteiger partial charge in [-0.05, 0) is 25.5 Å². The Kier molecular flexibility index (Phi) is 4.76. The molecule has 1 heterocycles. The quantitative estimate of drug-likeness (QED) is 0.803. The van der Waals surface area contributed by atoms with Crippen LogP contribution in [0.4, 0.5) is 5.69 Å². The summed E-state index contributed by atoms with van der Waals surface area (Å²) in [7, 11) is 0. The second kappa shape index (κ2) is 6.10. The highest BCUT2D eigenvalue weighted by atomic mass is 16.4. The summed E-state index contributed by atoms with van der Waals surface area (Å²) in [5, 5.41) is 9.05. The van der Waals surface area contributed by atoms with Crippen molar-refractivity contribution in [1.82, 2.24) is 4.98 Å². The molecule has 4 nitrogen and oxygen atoms in total. The molecule has 0 radical (unpaired) electrons.